The number of nitrogens with zero attached hydrogens (tertiary/aromatic N) is 3. The number of hydrogen-bond donors (Lipinski definition) is 1. The third-order valence-electron chi connectivity index (χ3n) is 2.58. The first-order valence-corrected chi connectivity index (χ1v) is 6.12. The van der Waals surface area contributed by atoms with E-state index >= 15 is 0 Å². The van der Waals surface area contributed by atoms with E-state index in [0.29, 0.717) is 12.0 Å². The van der Waals surface area contributed by atoms with E-state index in [0.717, 1.165) is 16.9 Å². The molecule has 2 aliphatic heterocycles. The van der Waals surface area contributed by atoms with E-state index in [1.54, 1.807) is 0 Å². The minimum atomic E-state index is 0.412. The average molecular weight is 214 g/mol. The van der Waals surface area contributed by atoms with E-state index in [4.69, 9.17) is 5.73 Å². The Bertz CT molecular complexity index is 326. The Kier molecular flexibility index (Phi) is 1.66. The highest BCUT2D eigenvalue weighted by atomic mass is 32.2. The SMILES string of the molecule is Nc1nsc(N2CC3CC2CS3)n1. The lowest BCUT2D eigenvalue weighted by Gasteiger charge is -2.25. The van der Waals surface area contributed by atoms with Crippen LogP contribution < -0.4 is 10.6 Å². The van der Waals surface area contributed by atoms with Crippen molar-refractivity contribution in [1.82, 2.24) is 9.36 Å². The lowest BCUT2D eigenvalue weighted by Crippen LogP contribution is -2.33. The number of aromatic nitrogens is 2. The summed E-state index contributed by atoms with van der Waals surface area (Å²) in [6, 6.07) is 0.683. The maximum Gasteiger partial charge on any atom is 0.233 e. The van der Waals surface area contributed by atoms with E-state index in [-0.39, 0.29) is 0 Å². The highest BCUT2D eigenvalue weighted by molar-refractivity contribution is 8.00. The zero-order chi connectivity index (χ0) is 8.84. The molecule has 2 N–H and O–H groups in total. The molecule has 4 nitrogen and oxygen atoms in total. The molecule has 3 rings (SSSR count). The molecule has 0 aromatic carbocycles. The molecule has 2 aliphatic rings. The molecule has 6 heteroatoms. The highest BCUT2D eigenvalue weighted by Gasteiger charge is 2.39. The summed E-state index contributed by atoms with van der Waals surface area (Å²) in [6.07, 6.45) is 1.31. The Hall–Kier alpha value is -0.490. The predicted molar refractivity (Wildman–Crippen MR) is 56.3 cm³/mol. The van der Waals surface area contributed by atoms with Crippen molar-refractivity contribution in [2.24, 2.45) is 0 Å². The Balaban J connectivity index is 1.87. The third kappa shape index (κ3) is 1.20. The van der Waals surface area contributed by atoms with Gasteiger partial charge in [0.25, 0.3) is 0 Å². The zero-order valence-corrected chi connectivity index (χ0v) is 8.64. The fourth-order valence-electron chi connectivity index (χ4n) is 1.98. The van der Waals surface area contributed by atoms with Gasteiger partial charge in [-0.05, 0) is 6.42 Å². The first-order valence-electron chi connectivity index (χ1n) is 4.30. The van der Waals surface area contributed by atoms with Gasteiger partial charge in [0, 0.05) is 35.1 Å². The molecule has 1 aromatic heterocycles. The third-order valence-corrected chi connectivity index (χ3v) is 4.73. The number of rotatable bonds is 1. The molecule has 0 saturated carbocycles. The van der Waals surface area contributed by atoms with Crippen LogP contribution in [0.4, 0.5) is 11.1 Å². The predicted octanol–water partition coefficient (Wildman–Crippen LogP) is 0.814. The van der Waals surface area contributed by atoms with E-state index in [1.807, 2.05) is 0 Å². The summed E-state index contributed by atoms with van der Waals surface area (Å²) in [6.45, 7) is 1.13. The van der Waals surface area contributed by atoms with Gasteiger partial charge >= 0.3 is 0 Å². The van der Waals surface area contributed by atoms with Crippen molar-refractivity contribution in [2.75, 3.05) is 22.9 Å². The van der Waals surface area contributed by atoms with Gasteiger partial charge in [0.05, 0.1) is 0 Å². The molecule has 2 atom stereocenters. The number of fused-ring (bicyclic) bond motifs is 2. The summed E-state index contributed by atoms with van der Waals surface area (Å²) in [5, 5.41) is 1.82. The van der Waals surface area contributed by atoms with Crippen LogP contribution in [-0.4, -0.2) is 32.9 Å². The second kappa shape index (κ2) is 2.75. The van der Waals surface area contributed by atoms with Crippen LogP contribution in [0, 0.1) is 0 Å². The molecule has 1 aromatic rings. The molecule has 0 spiro atoms. The van der Waals surface area contributed by atoms with Gasteiger partial charge in [-0.3, -0.25) is 0 Å². The molecule has 13 heavy (non-hydrogen) atoms. The van der Waals surface area contributed by atoms with E-state index in [1.165, 1.54) is 23.7 Å². The molecule has 0 amide bonds. The van der Waals surface area contributed by atoms with Crippen molar-refractivity contribution in [1.29, 1.82) is 0 Å². The van der Waals surface area contributed by atoms with Crippen molar-refractivity contribution in [3.63, 3.8) is 0 Å². The van der Waals surface area contributed by atoms with Crippen molar-refractivity contribution in [2.45, 2.75) is 17.7 Å². The van der Waals surface area contributed by atoms with Crippen molar-refractivity contribution in [3.8, 4) is 0 Å². The zero-order valence-electron chi connectivity index (χ0n) is 7.01. The molecule has 2 saturated heterocycles. The minimum absolute atomic E-state index is 0.412. The molecular formula is C7H10N4S2. The van der Waals surface area contributed by atoms with Gasteiger partial charge in [0.1, 0.15) is 0 Å². The van der Waals surface area contributed by atoms with Crippen molar-refractivity contribution < 1.29 is 0 Å². The smallest absolute Gasteiger partial charge is 0.233 e. The van der Waals surface area contributed by atoms with Gasteiger partial charge in [-0.1, -0.05) is 0 Å². The number of thioether (sulfide) groups is 1. The first kappa shape index (κ1) is 7.87. The minimum Gasteiger partial charge on any atom is -0.367 e. The van der Waals surface area contributed by atoms with Crippen LogP contribution >= 0.6 is 23.3 Å². The molecule has 2 fully saturated rings. The van der Waals surface area contributed by atoms with Crippen molar-refractivity contribution in [3.05, 3.63) is 0 Å². The summed E-state index contributed by atoms with van der Waals surface area (Å²) in [7, 11) is 0. The molecule has 3 heterocycles. The summed E-state index contributed by atoms with van der Waals surface area (Å²) in [5.41, 5.74) is 5.50. The van der Waals surface area contributed by atoms with E-state index in [9.17, 15) is 0 Å². The van der Waals surface area contributed by atoms with E-state index < -0.39 is 0 Å². The van der Waals surface area contributed by atoms with Gasteiger partial charge in [0.2, 0.25) is 11.1 Å². The Morgan fingerprint density at radius 2 is 2.46 bits per heavy atom. The van der Waals surface area contributed by atoms with Crippen molar-refractivity contribution >= 4 is 34.4 Å². The Morgan fingerprint density at radius 3 is 3.00 bits per heavy atom. The Morgan fingerprint density at radius 1 is 1.54 bits per heavy atom. The largest absolute Gasteiger partial charge is 0.367 e. The fourth-order valence-corrected chi connectivity index (χ4v) is 4.09. The van der Waals surface area contributed by atoms with Gasteiger partial charge in [-0.25, -0.2) is 0 Å². The monoisotopic (exact) mass is 214 g/mol. The van der Waals surface area contributed by atoms with Crippen LogP contribution in [-0.2, 0) is 0 Å². The highest BCUT2D eigenvalue weighted by Crippen LogP contribution is 2.40. The number of anilines is 2. The quantitative estimate of drug-likeness (QED) is 0.750. The molecule has 2 unspecified atom stereocenters. The summed E-state index contributed by atoms with van der Waals surface area (Å²) in [5.74, 6) is 1.65. The molecule has 0 aliphatic carbocycles. The number of nitrogen functional groups attached to an aromatic ring is 1. The summed E-state index contributed by atoms with van der Waals surface area (Å²) in [4.78, 5) is 6.57. The van der Waals surface area contributed by atoms with Crippen LogP contribution in [0.25, 0.3) is 0 Å². The van der Waals surface area contributed by atoms with Crippen LogP contribution in [0.1, 0.15) is 6.42 Å². The summed E-state index contributed by atoms with van der Waals surface area (Å²) < 4.78 is 4.00. The maximum absolute atomic E-state index is 5.50. The lowest BCUT2D eigenvalue weighted by atomic mass is 10.2. The second-order valence-electron chi connectivity index (χ2n) is 3.43. The fraction of sp³-hybridized carbons (Fsp3) is 0.714. The molecule has 2 bridgehead atoms. The standard InChI is InChI=1S/C7H10N4S2/c8-6-9-7(13-10-6)11-2-5-1-4(11)3-12-5/h4-5H,1-3H2,(H2,8,10). The molecule has 0 radical (unpaired) electrons. The van der Waals surface area contributed by atoms with Gasteiger partial charge in [-0.15, -0.1) is 0 Å². The maximum atomic E-state index is 5.50. The van der Waals surface area contributed by atoms with Crippen LogP contribution in [0.5, 0.6) is 0 Å². The molecular weight excluding hydrogens is 204 g/mol. The normalized spacial score (nSPS) is 31.5. The molecule has 70 valence electrons. The van der Waals surface area contributed by atoms with Gasteiger partial charge < -0.3 is 10.6 Å². The van der Waals surface area contributed by atoms with E-state index in [2.05, 4.69) is 26.0 Å². The Labute approximate surface area is 84.7 Å². The van der Waals surface area contributed by atoms with Gasteiger partial charge in [-0.2, -0.15) is 21.1 Å². The van der Waals surface area contributed by atoms with Crippen LogP contribution in [0.3, 0.4) is 0 Å². The first-order chi connectivity index (χ1) is 6.33. The summed E-state index contributed by atoms with van der Waals surface area (Å²) >= 11 is 3.50. The van der Waals surface area contributed by atoms with Crippen LogP contribution in [0.2, 0.25) is 0 Å². The van der Waals surface area contributed by atoms with Crippen LogP contribution in [0.15, 0.2) is 0 Å². The van der Waals surface area contributed by atoms with Gasteiger partial charge in [0.15, 0.2) is 0 Å². The second-order valence-corrected chi connectivity index (χ2v) is 5.50. The number of nitrogens with two attached hydrogens (primary N) is 1. The lowest BCUT2D eigenvalue weighted by molar-refractivity contribution is 0.760. The number of hydrogen-bond acceptors (Lipinski definition) is 6. The average Bonchev–Trinajstić information content (AvgIpc) is 2.77. The topological polar surface area (TPSA) is 55.0 Å².